The number of ether oxygens (including phenoxy) is 1. The Morgan fingerprint density at radius 2 is 1.96 bits per heavy atom. The zero-order valence-corrected chi connectivity index (χ0v) is 15.2. The van der Waals surface area contributed by atoms with Gasteiger partial charge < -0.3 is 9.72 Å². The van der Waals surface area contributed by atoms with E-state index in [2.05, 4.69) is 39.1 Å². The highest BCUT2D eigenvalue weighted by atomic mass is 79.9. The molecule has 3 nitrogen and oxygen atoms in total. The van der Waals surface area contributed by atoms with Crippen LogP contribution < -0.4 is 4.74 Å². The minimum absolute atomic E-state index is 0.682. The summed E-state index contributed by atoms with van der Waals surface area (Å²) in [7, 11) is 0. The summed E-state index contributed by atoms with van der Waals surface area (Å²) in [5.74, 6) is 0.890. The Morgan fingerprint density at radius 1 is 1.12 bits per heavy atom. The number of halogens is 1. The van der Waals surface area contributed by atoms with Crippen LogP contribution in [0.5, 0.6) is 5.75 Å². The van der Waals surface area contributed by atoms with E-state index in [1.54, 1.807) is 0 Å². The van der Waals surface area contributed by atoms with Crippen molar-refractivity contribution in [1.29, 1.82) is 0 Å². The lowest BCUT2D eigenvalue weighted by Crippen LogP contribution is -2.10. The van der Waals surface area contributed by atoms with E-state index in [0.717, 1.165) is 40.9 Å². The summed E-state index contributed by atoms with van der Waals surface area (Å²) >= 11 is 3.58. The molecular formula is C20H19BrN2O. The summed E-state index contributed by atoms with van der Waals surface area (Å²) in [6.07, 6.45) is 3.25. The maximum Gasteiger partial charge on any atom is 0.119 e. The quantitative estimate of drug-likeness (QED) is 0.611. The van der Waals surface area contributed by atoms with Crippen LogP contribution in [-0.2, 0) is 6.42 Å². The van der Waals surface area contributed by atoms with Crippen LogP contribution in [0.2, 0.25) is 0 Å². The fourth-order valence-electron chi connectivity index (χ4n) is 3.33. The first-order valence-electron chi connectivity index (χ1n) is 8.35. The van der Waals surface area contributed by atoms with Gasteiger partial charge in [-0.2, -0.15) is 0 Å². The number of rotatable bonds is 3. The summed E-state index contributed by atoms with van der Waals surface area (Å²) in [5.41, 5.74) is 5.89. The van der Waals surface area contributed by atoms with Crippen molar-refractivity contribution >= 4 is 38.2 Å². The molecule has 1 aromatic heterocycles. The van der Waals surface area contributed by atoms with Crippen molar-refractivity contribution < 1.29 is 4.74 Å². The van der Waals surface area contributed by atoms with Crippen molar-refractivity contribution in [3.05, 3.63) is 58.2 Å². The Balaban J connectivity index is 1.74. The molecule has 0 bridgehead atoms. The Labute approximate surface area is 149 Å². The molecule has 1 aliphatic rings. The Bertz CT molecular complexity index is 909. The van der Waals surface area contributed by atoms with Gasteiger partial charge in [-0.05, 0) is 74.2 Å². The molecule has 0 unspecified atom stereocenters. The average molecular weight is 383 g/mol. The lowest BCUT2D eigenvalue weighted by Gasteiger charge is -2.14. The maximum atomic E-state index is 5.50. The second kappa shape index (κ2) is 6.44. The van der Waals surface area contributed by atoms with Crippen molar-refractivity contribution in [2.45, 2.75) is 26.2 Å². The van der Waals surface area contributed by atoms with E-state index in [1.165, 1.54) is 22.2 Å². The predicted octanol–water partition coefficient (Wildman–Crippen LogP) is 5.79. The Kier molecular flexibility index (Phi) is 4.15. The van der Waals surface area contributed by atoms with Gasteiger partial charge in [-0.1, -0.05) is 15.9 Å². The zero-order valence-electron chi connectivity index (χ0n) is 13.6. The monoisotopic (exact) mass is 382 g/mol. The van der Waals surface area contributed by atoms with E-state index in [0.29, 0.717) is 6.61 Å². The molecule has 122 valence electrons. The molecule has 1 aliphatic carbocycles. The van der Waals surface area contributed by atoms with Crippen LogP contribution in [0.4, 0.5) is 5.69 Å². The number of benzene rings is 2. The Hall–Kier alpha value is -2.07. The van der Waals surface area contributed by atoms with Gasteiger partial charge in [-0.25, -0.2) is 0 Å². The van der Waals surface area contributed by atoms with Gasteiger partial charge in [-0.3, -0.25) is 4.99 Å². The van der Waals surface area contributed by atoms with Crippen LogP contribution in [0.25, 0.3) is 10.9 Å². The first kappa shape index (κ1) is 15.5. The number of aryl methyl sites for hydroxylation is 1. The summed E-state index contributed by atoms with van der Waals surface area (Å²) in [6.45, 7) is 2.67. The summed E-state index contributed by atoms with van der Waals surface area (Å²) in [4.78, 5) is 8.47. The molecule has 24 heavy (non-hydrogen) atoms. The van der Waals surface area contributed by atoms with E-state index in [9.17, 15) is 0 Å². The largest absolute Gasteiger partial charge is 0.494 e. The van der Waals surface area contributed by atoms with Gasteiger partial charge >= 0.3 is 0 Å². The number of nitrogens with zero attached hydrogens (tertiary/aromatic N) is 1. The van der Waals surface area contributed by atoms with Gasteiger partial charge in [0.1, 0.15) is 5.75 Å². The minimum Gasteiger partial charge on any atom is -0.494 e. The van der Waals surface area contributed by atoms with Gasteiger partial charge in [0.2, 0.25) is 0 Å². The van der Waals surface area contributed by atoms with Crippen LogP contribution in [0, 0.1) is 0 Å². The van der Waals surface area contributed by atoms with Crippen molar-refractivity contribution in [2.24, 2.45) is 4.99 Å². The standard InChI is InChI=1S/C20H19BrN2O/c1-2-24-15-9-7-14(8-10-15)22-19-5-3-4-16-17-12-13(21)6-11-18(17)23-20(16)19/h6-12,23H,2-5H2,1H3. The average Bonchev–Trinajstić information content (AvgIpc) is 2.96. The van der Waals surface area contributed by atoms with E-state index < -0.39 is 0 Å². The molecule has 1 N–H and O–H groups in total. The summed E-state index contributed by atoms with van der Waals surface area (Å²) < 4.78 is 6.62. The lowest BCUT2D eigenvalue weighted by molar-refractivity contribution is 0.340. The number of aliphatic imine (C=N–C) groups is 1. The first-order chi connectivity index (χ1) is 11.7. The highest BCUT2D eigenvalue weighted by Gasteiger charge is 2.20. The van der Waals surface area contributed by atoms with E-state index >= 15 is 0 Å². The number of hydrogen-bond acceptors (Lipinski definition) is 2. The summed E-state index contributed by atoms with van der Waals surface area (Å²) in [5, 5.41) is 1.30. The highest BCUT2D eigenvalue weighted by molar-refractivity contribution is 9.10. The number of aromatic amines is 1. The van der Waals surface area contributed by atoms with E-state index in [4.69, 9.17) is 9.73 Å². The second-order valence-corrected chi connectivity index (χ2v) is 6.92. The first-order valence-corrected chi connectivity index (χ1v) is 9.15. The SMILES string of the molecule is CCOc1ccc(N=C2CCCc3c2[nH]c2ccc(Br)cc32)cc1. The van der Waals surface area contributed by atoms with E-state index in [1.807, 2.05) is 31.2 Å². The van der Waals surface area contributed by atoms with Gasteiger partial charge in [-0.15, -0.1) is 0 Å². The number of aromatic nitrogens is 1. The smallest absolute Gasteiger partial charge is 0.119 e. The number of nitrogens with one attached hydrogen (secondary N) is 1. The molecule has 2 aromatic carbocycles. The third kappa shape index (κ3) is 2.86. The molecular weight excluding hydrogens is 364 g/mol. The third-order valence-corrected chi connectivity index (χ3v) is 4.90. The number of hydrogen-bond donors (Lipinski definition) is 1. The van der Waals surface area contributed by atoms with Crippen LogP contribution in [-0.4, -0.2) is 17.3 Å². The van der Waals surface area contributed by atoms with Crippen molar-refractivity contribution in [1.82, 2.24) is 4.98 Å². The molecule has 3 aromatic rings. The van der Waals surface area contributed by atoms with Gasteiger partial charge in [0.05, 0.1) is 23.7 Å². The van der Waals surface area contributed by atoms with Crippen LogP contribution in [0.3, 0.4) is 0 Å². The van der Waals surface area contributed by atoms with Crippen LogP contribution in [0.15, 0.2) is 51.9 Å². The molecule has 0 saturated carbocycles. The third-order valence-electron chi connectivity index (χ3n) is 4.41. The lowest BCUT2D eigenvalue weighted by atomic mass is 9.94. The zero-order chi connectivity index (χ0) is 16.5. The topological polar surface area (TPSA) is 37.4 Å². The minimum atomic E-state index is 0.682. The van der Waals surface area contributed by atoms with Crippen LogP contribution >= 0.6 is 15.9 Å². The highest BCUT2D eigenvalue weighted by Crippen LogP contribution is 2.32. The maximum absolute atomic E-state index is 5.50. The molecule has 1 heterocycles. The fourth-order valence-corrected chi connectivity index (χ4v) is 3.70. The summed E-state index contributed by atoms with van der Waals surface area (Å²) in [6, 6.07) is 14.4. The number of H-pyrrole nitrogens is 1. The second-order valence-electron chi connectivity index (χ2n) is 6.01. The molecule has 4 heteroatoms. The fraction of sp³-hybridized carbons (Fsp3) is 0.250. The molecule has 0 amide bonds. The molecule has 0 radical (unpaired) electrons. The van der Waals surface area contributed by atoms with Crippen LogP contribution in [0.1, 0.15) is 31.0 Å². The predicted molar refractivity (Wildman–Crippen MR) is 103 cm³/mol. The van der Waals surface area contributed by atoms with Crippen molar-refractivity contribution in [3.63, 3.8) is 0 Å². The van der Waals surface area contributed by atoms with Gasteiger partial charge in [0.15, 0.2) is 0 Å². The normalized spacial score (nSPS) is 15.7. The van der Waals surface area contributed by atoms with Crippen molar-refractivity contribution in [2.75, 3.05) is 6.61 Å². The van der Waals surface area contributed by atoms with E-state index in [-0.39, 0.29) is 0 Å². The Morgan fingerprint density at radius 3 is 2.75 bits per heavy atom. The van der Waals surface area contributed by atoms with Gasteiger partial charge in [0, 0.05) is 15.4 Å². The molecule has 0 aliphatic heterocycles. The number of fused-ring (bicyclic) bond motifs is 3. The molecule has 0 saturated heterocycles. The molecule has 0 spiro atoms. The van der Waals surface area contributed by atoms with Gasteiger partial charge in [0.25, 0.3) is 0 Å². The molecule has 0 fully saturated rings. The molecule has 4 rings (SSSR count). The molecule has 0 atom stereocenters. The van der Waals surface area contributed by atoms with Crippen molar-refractivity contribution in [3.8, 4) is 5.75 Å².